The Labute approximate surface area is 212 Å². The van der Waals surface area contributed by atoms with Gasteiger partial charge in [-0.05, 0) is 59.7 Å². The van der Waals surface area contributed by atoms with Crippen LogP contribution in [-0.2, 0) is 22.4 Å². The fourth-order valence-corrected chi connectivity index (χ4v) is 5.14. The van der Waals surface area contributed by atoms with Gasteiger partial charge in [-0.3, -0.25) is 9.59 Å². The third-order valence-corrected chi connectivity index (χ3v) is 7.11. The maximum atomic E-state index is 13.4. The maximum absolute atomic E-state index is 13.4. The van der Waals surface area contributed by atoms with Gasteiger partial charge < -0.3 is 14.7 Å². The minimum absolute atomic E-state index is 0.0698. The smallest absolute Gasteiger partial charge is 0.295 e. The maximum Gasteiger partial charge on any atom is 0.295 e. The molecule has 1 saturated heterocycles. The third-order valence-electron chi connectivity index (χ3n) is 7.11. The summed E-state index contributed by atoms with van der Waals surface area (Å²) in [5, 5.41) is 11.4. The Hall–Kier alpha value is -3.86. The van der Waals surface area contributed by atoms with E-state index in [1.54, 1.807) is 11.0 Å². The summed E-state index contributed by atoms with van der Waals surface area (Å²) in [6, 6.07) is 22.7. The fraction of sp³-hybridized carbons (Fsp3) is 0.290. The van der Waals surface area contributed by atoms with Gasteiger partial charge in [0.1, 0.15) is 17.6 Å². The van der Waals surface area contributed by atoms with Gasteiger partial charge in [-0.1, -0.05) is 68.4 Å². The Kier molecular flexibility index (Phi) is 6.40. The molecular formula is C31H31NO4. The number of hydrogen-bond donors (Lipinski definition) is 1. The second kappa shape index (κ2) is 9.65. The van der Waals surface area contributed by atoms with Crippen LogP contribution in [0.4, 0.5) is 0 Å². The highest BCUT2D eigenvalue weighted by Gasteiger charge is 2.46. The highest BCUT2D eigenvalue weighted by atomic mass is 16.5. The summed E-state index contributed by atoms with van der Waals surface area (Å²) >= 11 is 0. The van der Waals surface area contributed by atoms with E-state index in [1.807, 2.05) is 73.7 Å². The lowest BCUT2D eigenvalue weighted by atomic mass is 9.92. The molecule has 0 unspecified atom stereocenters. The van der Waals surface area contributed by atoms with E-state index in [4.69, 9.17) is 4.74 Å². The standard InChI is InChI=1S/C31H31NO4/c1-19(2)22-9-11-23(12-10-22)28-27(29(33)24-13-14-26-25(18-24)17-20(3)36-26)30(34)31(35)32(28)16-15-21-7-5-4-6-8-21/h4-14,18-20,28,33H,15-17H2,1-3H3/t20-,28-/m1/s1. The number of carbonyl (C=O) groups excluding carboxylic acids is 2. The predicted octanol–water partition coefficient (Wildman–Crippen LogP) is 5.80. The van der Waals surface area contributed by atoms with Crippen LogP contribution in [0.25, 0.3) is 5.76 Å². The van der Waals surface area contributed by atoms with Crippen LogP contribution in [0.1, 0.15) is 60.5 Å². The molecule has 0 radical (unpaired) electrons. The molecule has 36 heavy (non-hydrogen) atoms. The molecule has 5 nitrogen and oxygen atoms in total. The Balaban J connectivity index is 1.57. The average Bonchev–Trinajstić information content (AvgIpc) is 3.38. The summed E-state index contributed by atoms with van der Waals surface area (Å²) < 4.78 is 5.79. The van der Waals surface area contributed by atoms with E-state index in [0.717, 1.165) is 28.9 Å². The van der Waals surface area contributed by atoms with Crippen molar-refractivity contribution in [2.45, 2.75) is 51.7 Å². The number of fused-ring (bicyclic) bond motifs is 1. The van der Waals surface area contributed by atoms with Gasteiger partial charge in [0.2, 0.25) is 0 Å². The number of amides is 1. The summed E-state index contributed by atoms with van der Waals surface area (Å²) in [5.74, 6) is -0.217. The highest BCUT2D eigenvalue weighted by Crippen LogP contribution is 2.41. The lowest BCUT2D eigenvalue weighted by Gasteiger charge is -2.26. The number of aliphatic hydroxyl groups is 1. The lowest BCUT2D eigenvalue weighted by molar-refractivity contribution is -0.139. The SMILES string of the molecule is CC(C)c1ccc([C@@H]2C(=C(O)c3ccc4c(c3)C[C@@H](C)O4)C(=O)C(=O)N2CCc2ccccc2)cc1. The second-order valence-electron chi connectivity index (χ2n) is 10.0. The van der Waals surface area contributed by atoms with Gasteiger partial charge in [0.05, 0.1) is 11.6 Å². The lowest BCUT2D eigenvalue weighted by Crippen LogP contribution is -2.31. The molecule has 2 atom stereocenters. The van der Waals surface area contributed by atoms with Crippen LogP contribution >= 0.6 is 0 Å². The van der Waals surface area contributed by atoms with E-state index in [9.17, 15) is 14.7 Å². The van der Waals surface area contributed by atoms with Crippen molar-refractivity contribution in [1.29, 1.82) is 0 Å². The number of rotatable bonds is 6. The van der Waals surface area contributed by atoms with Gasteiger partial charge >= 0.3 is 0 Å². The number of benzene rings is 3. The Morgan fingerprint density at radius 2 is 1.75 bits per heavy atom. The molecule has 5 heteroatoms. The molecule has 5 rings (SSSR count). The molecule has 2 heterocycles. The predicted molar refractivity (Wildman–Crippen MR) is 140 cm³/mol. The number of nitrogens with zero attached hydrogens (tertiary/aromatic N) is 1. The van der Waals surface area contributed by atoms with E-state index in [2.05, 4.69) is 13.8 Å². The van der Waals surface area contributed by atoms with Gasteiger partial charge in [-0.25, -0.2) is 0 Å². The Morgan fingerprint density at radius 1 is 1.03 bits per heavy atom. The minimum Gasteiger partial charge on any atom is -0.507 e. The van der Waals surface area contributed by atoms with Crippen molar-refractivity contribution < 1.29 is 19.4 Å². The molecule has 184 valence electrons. The molecule has 0 aliphatic carbocycles. The zero-order valence-electron chi connectivity index (χ0n) is 20.9. The van der Waals surface area contributed by atoms with E-state index in [1.165, 1.54) is 5.56 Å². The number of aliphatic hydroxyl groups excluding tert-OH is 1. The largest absolute Gasteiger partial charge is 0.507 e. The number of carbonyl (C=O) groups is 2. The molecule has 1 amide bonds. The summed E-state index contributed by atoms with van der Waals surface area (Å²) in [6.07, 6.45) is 1.42. The van der Waals surface area contributed by atoms with E-state index in [0.29, 0.717) is 24.4 Å². The monoisotopic (exact) mass is 481 g/mol. The van der Waals surface area contributed by atoms with Crippen molar-refractivity contribution in [2.24, 2.45) is 0 Å². The van der Waals surface area contributed by atoms with Crippen LogP contribution in [0.2, 0.25) is 0 Å². The zero-order chi connectivity index (χ0) is 25.4. The van der Waals surface area contributed by atoms with Crippen molar-refractivity contribution in [1.82, 2.24) is 4.90 Å². The molecule has 0 bridgehead atoms. The molecular weight excluding hydrogens is 450 g/mol. The number of hydrogen-bond acceptors (Lipinski definition) is 4. The van der Waals surface area contributed by atoms with Gasteiger partial charge in [0.15, 0.2) is 0 Å². The van der Waals surface area contributed by atoms with Gasteiger partial charge in [-0.15, -0.1) is 0 Å². The third kappa shape index (κ3) is 4.41. The molecule has 0 aromatic heterocycles. The summed E-state index contributed by atoms with van der Waals surface area (Å²) in [6.45, 7) is 6.62. The van der Waals surface area contributed by atoms with Crippen LogP contribution < -0.4 is 4.74 Å². The van der Waals surface area contributed by atoms with Crippen LogP contribution in [0, 0.1) is 0 Å². The van der Waals surface area contributed by atoms with Crippen LogP contribution in [0.5, 0.6) is 5.75 Å². The number of Topliss-reactive ketones (excluding diaryl/α,β-unsaturated/α-hetero) is 1. The van der Waals surface area contributed by atoms with E-state index < -0.39 is 17.7 Å². The molecule has 2 aliphatic heterocycles. The first-order chi connectivity index (χ1) is 17.3. The summed E-state index contributed by atoms with van der Waals surface area (Å²) in [4.78, 5) is 28.2. The van der Waals surface area contributed by atoms with Crippen molar-refractivity contribution in [2.75, 3.05) is 6.54 Å². The van der Waals surface area contributed by atoms with Gasteiger partial charge in [-0.2, -0.15) is 0 Å². The number of ketones is 1. The molecule has 2 aliphatic rings. The van der Waals surface area contributed by atoms with Gasteiger partial charge in [0.25, 0.3) is 11.7 Å². The normalized spacial score (nSPS) is 20.6. The Morgan fingerprint density at radius 3 is 2.44 bits per heavy atom. The minimum atomic E-state index is -0.654. The van der Waals surface area contributed by atoms with Crippen LogP contribution in [-0.4, -0.2) is 34.3 Å². The first-order valence-corrected chi connectivity index (χ1v) is 12.6. The van der Waals surface area contributed by atoms with Crippen molar-refractivity contribution >= 4 is 17.4 Å². The average molecular weight is 482 g/mol. The molecule has 3 aromatic rings. The molecule has 1 fully saturated rings. The first kappa shape index (κ1) is 23.9. The van der Waals surface area contributed by atoms with E-state index >= 15 is 0 Å². The highest BCUT2D eigenvalue weighted by molar-refractivity contribution is 6.46. The molecule has 1 N–H and O–H groups in total. The fourth-order valence-electron chi connectivity index (χ4n) is 5.14. The van der Waals surface area contributed by atoms with E-state index in [-0.39, 0.29) is 17.4 Å². The van der Waals surface area contributed by atoms with Crippen LogP contribution in [0.15, 0.2) is 78.4 Å². The summed E-state index contributed by atoms with van der Waals surface area (Å²) in [5.41, 5.74) is 4.72. The quantitative estimate of drug-likeness (QED) is 0.275. The summed E-state index contributed by atoms with van der Waals surface area (Å²) in [7, 11) is 0. The second-order valence-corrected chi connectivity index (χ2v) is 10.0. The number of likely N-dealkylation sites (tertiary alicyclic amines) is 1. The van der Waals surface area contributed by atoms with Crippen LogP contribution in [0.3, 0.4) is 0 Å². The first-order valence-electron chi connectivity index (χ1n) is 12.6. The zero-order valence-corrected chi connectivity index (χ0v) is 20.9. The molecule has 0 spiro atoms. The van der Waals surface area contributed by atoms with Crippen molar-refractivity contribution in [3.05, 3.63) is 106 Å². The van der Waals surface area contributed by atoms with Crippen molar-refractivity contribution in [3.8, 4) is 5.75 Å². The van der Waals surface area contributed by atoms with Gasteiger partial charge in [0, 0.05) is 18.5 Å². The molecule has 0 saturated carbocycles. The topological polar surface area (TPSA) is 66.8 Å². The van der Waals surface area contributed by atoms with Crippen molar-refractivity contribution in [3.63, 3.8) is 0 Å². The molecule has 3 aromatic carbocycles. The number of ether oxygens (including phenoxy) is 1. The Bertz CT molecular complexity index is 1320.